The molecule has 0 fully saturated rings. The minimum absolute atomic E-state index is 0.391. The van der Waals surface area contributed by atoms with Gasteiger partial charge in [0, 0.05) is 25.2 Å². The Labute approximate surface area is 159 Å². The van der Waals surface area contributed by atoms with E-state index in [0.29, 0.717) is 47.9 Å². The molecule has 0 unspecified atom stereocenters. The predicted octanol–water partition coefficient (Wildman–Crippen LogP) is 4.71. The molecule has 0 atom stereocenters. The molecule has 0 saturated heterocycles. The van der Waals surface area contributed by atoms with Gasteiger partial charge in [0.2, 0.25) is 0 Å². The maximum Gasteiger partial charge on any atom is 0.180 e. The van der Waals surface area contributed by atoms with Crippen molar-refractivity contribution in [3.05, 3.63) is 57.6 Å². The number of ether oxygens (including phenoxy) is 3. The van der Waals surface area contributed by atoms with Crippen molar-refractivity contribution in [1.29, 1.82) is 0 Å². The third-order valence-electron chi connectivity index (χ3n) is 3.48. The molecule has 0 aromatic heterocycles. The third kappa shape index (κ3) is 6.40. The predicted molar refractivity (Wildman–Crippen MR) is 102 cm³/mol. The quantitative estimate of drug-likeness (QED) is 0.603. The van der Waals surface area contributed by atoms with Crippen LogP contribution in [0.5, 0.6) is 11.5 Å². The van der Waals surface area contributed by atoms with Crippen LogP contribution < -0.4 is 14.8 Å². The summed E-state index contributed by atoms with van der Waals surface area (Å²) in [4.78, 5) is 0. The van der Waals surface area contributed by atoms with E-state index in [1.165, 1.54) is 0 Å². The summed E-state index contributed by atoms with van der Waals surface area (Å²) in [6, 6.07) is 11.4. The van der Waals surface area contributed by atoms with E-state index < -0.39 is 0 Å². The molecule has 0 heterocycles. The topological polar surface area (TPSA) is 39.7 Å². The number of methoxy groups -OCH3 is 1. The number of hydrogen-bond acceptors (Lipinski definition) is 4. The molecule has 0 amide bonds. The molecule has 0 bridgehead atoms. The first-order valence-electron chi connectivity index (χ1n) is 8.16. The number of halogens is 2. The molecule has 0 saturated carbocycles. The molecular formula is C19H23Cl2NO3. The van der Waals surface area contributed by atoms with Gasteiger partial charge in [-0.05, 0) is 42.3 Å². The van der Waals surface area contributed by atoms with E-state index >= 15 is 0 Å². The molecule has 0 radical (unpaired) electrons. The molecule has 4 nitrogen and oxygen atoms in total. The second-order valence-electron chi connectivity index (χ2n) is 5.42. The average molecular weight is 384 g/mol. The Balaban J connectivity index is 2.08. The monoisotopic (exact) mass is 383 g/mol. The molecule has 6 heteroatoms. The van der Waals surface area contributed by atoms with E-state index in [4.69, 9.17) is 37.4 Å². The maximum atomic E-state index is 6.42. The van der Waals surface area contributed by atoms with Gasteiger partial charge in [0.1, 0.15) is 6.61 Å². The molecule has 2 rings (SSSR count). The lowest BCUT2D eigenvalue weighted by molar-refractivity contribution is 0.199. The molecule has 2 aromatic carbocycles. The van der Waals surface area contributed by atoms with Gasteiger partial charge in [-0.2, -0.15) is 0 Å². The van der Waals surface area contributed by atoms with Gasteiger partial charge in [-0.1, -0.05) is 35.3 Å². The van der Waals surface area contributed by atoms with E-state index in [-0.39, 0.29) is 0 Å². The molecule has 136 valence electrons. The highest BCUT2D eigenvalue weighted by molar-refractivity contribution is 6.32. The van der Waals surface area contributed by atoms with Crippen LogP contribution in [0.3, 0.4) is 0 Å². The van der Waals surface area contributed by atoms with Crippen molar-refractivity contribution in [2.45, 2.75) is 20.1 Å². The zero-order chi connectivity index (χ0) is 18.1. The fraction of sp³-hybridized carbons (Fsp3) is 0.368. The highest BCUT2D eigenvalue weighted by atomic mass is 35.5. The molecule has 25 heavy (non-hydrogen) atoms. The molecule has 1 N–H and O–H groups in total. The van der Waals surface area contributed by atoms with Crippen molar-refractivity contribution in [2.75, 3.05) is 26.9 Å². The summed E-state index contributed by atoms with van der Waals surface area (Å²) in [7, 11) is 1.68. The van der Waals surface area contributed by atoms with Crippen molar-refractivity contribution in [1.82, 2.24) is 5.32 Å². The summed E-state index contributed by atoms with van der Waals surface area (Å²) >= 11 is 12.3. The van der Waals surface area contributed by atoms with E-state index in [9.17, 15) is 0 Å². The normalized spacial score (nSPS) is 10.7. The standard InChI is InChI=1S/C19H23Cl2NO3/c1-3-24-18-11-15(12-22-8-9-23-2)10-17(21)19(18)25-13-14-4-6-16(20)7-5-14/h4-7,10-11,22H,3,8-9,12-13H2,1-2H3. The number of rotatable bonds is 10. The maximum absolute atomic E-state index is 6.42. The fourth-order valence-corrected chi connectivity index (χ4v) is 2.68. The first kappa shape index (κ1) is 19.9. The van der Waals surface area contributed by atoms with Crippen LogP contribution in [0.15, 0.2) is 36.4 Å². The number of nitrogens with one attached hydrogen (secondary N) is 1. The highest BCUT2D eigenvalue weighted by Gasteiger charge is 2.13. The van der Waals surface area contributed by atoms with Crippen LogP contribution >= 0.6 is 23.2 Å². The van der Waals surface area contributed by atoms with Crippen molar-refractivity contribution in [3.63, 3.8) is 0 Å². The molecule has 0 spiro atoms. The molecule has 0 aliphatic heterocycles. The minimum atomic E-state index is 0.391. The van der Waals surface area contributed by atoms with Crippen LogP contribution in [-0.4, -0.2) is 26.9 Å². The van der Waals surface area contributed by atoms with Gasteiger partial charge in [0.05, 0.1) is 18.2 Å². The summed E-state index contributed by atoms with van der Waals surface area (Å²) in [5, 5.41) is 4.52. The van der Waals surface area contributed by atoms with Gasteiger partial charge in [-0.3, -0.25) is 0 Å². The number of benzene rings is 2. The zero-order valence-corrected chi connectivity index (χ0v) is 16.0. The fourth-order valence-electron chi connectivity index (χ4n) is 2.27. The summed E-state index contributed by atoms with van der Waals surface area (Å²) < 4.78 is 16.6. The van der Waals surface area contributed by atoms with Crippen LogP contribution in [-0.2, 0) is 17.9 Å². The molecule has 0 aliphatic carbocycles. The summed E-state index contributed by atoms with van der Waals surface area (Å²) in [5.41, 5.74) is 2.04. The Kier molecular flexibility index (Phi) is 8.35. The lowest BCUT2D eigenvalue weighted by Gasteiger charge is -2.16. The van der Waals surface area contributed by atoms with Crippen LogP contribution in [0, 0.1) is 0 Å². The Morgan fingerprint density at radius 1 is 1.00 bits per heavy atom. The Morgan fingerprint density at radius 3 is 2.44 bits per heavy atom. The minimum Gasteiger partial charge on any atom is -0.490 e. The van der Waals surface area contributed by atoms with Gasteiger partial charge in [-0.25, -0.2) is 0 Å². The third-order valence-corrected chi connectivity index (χ3v) is 4.01. The summed E-state index contributed by atoms with van der Waals surface area (Å²) in [6.07, 6.45) is 0. The van der Waals surface area contributed by atoms with Crippen molar-refractivity contribution < 1.29 is 14.2 Å². The van der Waals surface area contributed by atoms with Crippen LogP contribution in [0.4, 0.5) is 0 Å². The zero-order valence-electron chi connectivity index (χ0n) is 14.5. The van der Waals surface area contributed by atoms with Gasteiger partial charge < -0.3 is 19.5 Å². The second-order valence-corrected chi connectivity index (χ2v) is 6.27. The van der Waals surface area contributed by atoms with Gasteiger partial charge in [0.15, 0.2) is 11.5 Å². The summed E-state index contributed by atoms with van der Waals surface area (Å²) in [5.74, 6) is 1.20. The van der Waals surface area contributed by atoms with E-state index in [0.717, 1.165) is 17.7 Å². The SMILES string of the molecule is CCOc1cc(CNCCOC)cc(Cl)c1OCc1ccc(Cl)cc1. The summed E-state index contributed by atoms with van der Waals surface area (Å²) in [6.45, 7) is 4.97. The van der Waals surface area contributed by atoms with Crippen molar-refractivity contribution in [3.8, 4) is 11.5 Å². The van der Waals surface area contributed by atoms with Crippen molar-refractivity contribution in [2.24, 2.45) is 0 Å². The first-order valence-corrected chi connectivity index (χ1v) is 8.91. The van der Waals surface area contributed by atoms with Crippen molar-refractivity contribution >= 4 is 23.2 Å². The van der Waals surface area contributed by atoms with Gasteiger partial charge in [-0.15, -0.1) is 0 Å². The second kappa shape index (κ2) is 10.5. The Bertz CT molecular complexity index is 662. The smallest absolute Gasteiger partial charge is 0.180 e. The highest BCUT2D eigenvalue weighted by Crippen LogP contribution is 2.37. The molecule has 0 aliphatic rings. The first-order chi connectivity index (χ1) is 12.1. The van der Waals surface area contributed by atoms with E-state index in [2.05, 4.69) is 5.32 Å². The lowest BCUT2D eigenvalue weighted by atomic mass is 10.2. The van der Waals surface area contributed by atoms with E-state index in [1.807, 2.05) is 43.3 Å². The van der Waals surface area contributed by atoms with Crippen LogP contribution in [0.25, 0.3) is 0 Å². The van der Waals surface area contributed by atoms with Crippen LogP contribution in [0.1, 0.15) is 18.1 Å². The average Bonchev–Trinajstić information content (AvgIpc) is 2.60. The van der Waals surface area contributed by atoms with E-state index in [1.54, 1.807) is 7.11 Å². The molecule has 2 aromatic rings. The Hall–Kier alpha value is -1.46. The van der Waals surface area contributed by atoms with Gasteiger partial charge >= 0.3 is 0 Å². The Morgan fingerprint density at radius 2 is 1.76 bits per heavy atom. The number of hydrogen-bond donors (Lipinski definition) is 1. The van der Waals surface area contributed by atoms with Gasteiger partial charge in [0.25, 0.3) is 0 Å². The van der Waals surface area contributed by atoms with Crippen LogP contribution in [0.2, 0.25) is 10.0 Å². The lowest BCUT2D eigenvalue weighted by Crippen LogP contribution is -2.18. The largest absolute Gasteiger partial charge is 0.490 e. The molecular weight excluding hydrogens is 361 g/mol.